The number of hydrogen-bond acceptors (Lipinski definition) is 8. The van der Waals surface area contributed by atoms with Gasteiger partial charge in [-0.05, 0) is 50.4 Å². The number of aromatic nitrogens is 3. The lowest BCUT2D eigenvalue weighted by Crippen LogP contribution is -2.45. The number of carbonyl (C=O) groups excluding carboxylic acids is 2. The van der Waals surface area contributed by atoms with Crippen molar-refractivity contribution in [2.45, 2.75) is 13.3 Å². The van der Waals surface area contributed by atoms with Gasteiger partial charge in [-0.3, -0.25) is 14.5 Å². The average Bonchev–Trinajstić information content (AvgIpc) is 3.28. The lowest BCUT2D eigenvalue weighted by molar-refractivity contribution is -0.123. The Labute approximate surface area is 265 Å². The number of fused-ring (bicyclic) bond motifs is 1. The molecule has 2 aromatic heterocycles. The van der Waals surface area contributed by atoms with Gasteiger partial charge in [0.15, 0.2) is 11.6 Å². The Morgan fingerprint density at radius 1 is 0.932 bits per heavy atom. The van der Waals surface area contributed by atoms with Crippen LogP contribution in [0, 0.1) is 18.6 Å². The van der Waals surface area contributed by atoms with Gasteiger partial charge in [-0.1, -0.05) is 0 Å². The van der Waals surface area contributed by atoms with Crippen molar-refractivity contribution in [2.24, 2.45) is 0 Å². The van der Waals surface area contributed by atoms with Crippen molar-refractivity contribution in [3.05, 3.63) is 72.2 Å². The molecule has 2 aromatic carbocycles. The van der Waals surface area contributed by atoms with Gasteiger partial charge in [0.1, 0.15) is 36.4 Å². The molecule has 15 heteroatoms. The molecule has 1 aliphatic rings. The zero-order valence-corrected chi connectivity index (χ0v) is 25.7. The molecule has 1 saturated heterocycles. The van der Waals surface area contributed by atoms with Gasteiger partial charge in [-0.25, -0.2) is 13.3 Å². The molecule has 0 saturated carbocycles. The molecule has 2 amide bonds. The predicted molar refractivity (Wildman–Crippen MR) is 166 cm³/mol. The number of carbonyl (C=O) groups is 2. The molecule has 0 radical (unpaired) electrons. The first-order chi connectivity index (χ1) is 20.2. The van der Waals surface area contributed by atoms with Gasteiger partial charge in [0.2, 0.25) is 17.7 Å². The molecule has 1 aliphatic heterocycles. The van der Waals surface area contributed by atoms with Gasteiger partial charge in [0, 0.05) is 55.7 Å². The van der Waals surface area contributed by atoms with Crippen molar-refractivity contribution < 1.29 is 27.8 Å². The van der Waals surface area contributed by atoms with E-state index in [2.05, 4.69) is 37.6 Å². The predicted octanol–water partition coefficient (Wildman–Crippen LogP) is 4.55. The third kappa shape index (κ3) is 8.76. The van der Waals surface area contributed by atoms with Gasteiger partial charge in [-0.2, -0.15) is 10.1 Å². The van der Waals surface area contributed by atoms with Crippen LogP contribution < -0.4 is 20.1 Å². The van der Waals surface area contributed by atoms with Crippen LogP contribution in [0.25, 0.3) is 5.52 Å². The number of nitrogens with one attached hydrogen (secondary N) is 2. The number of nitrogens with zero attached hydrogens (tertiary/aromatic N) is 5. The van der Waals surface area contributed by atoms with E-state index in [9.17, 15) is 18.4 Å². The maximum atomic E-state index is 15.0. The van der Waals surface area contributed by atoms with Crippen molar-refractivity contribution in [1.29, 1.82) is 0 Å². The minimum atomic E-state index is -0.742. The molecule has 0 aliphatic carbocycles. The largest absolute Gasteiger partial charge is 0.490 e. The first-order valence-electron chi connectivity index (χ1n) is 13.4. The molecule has 236 valence electrons. The van der Waals surface area contributed by atoms with Gasteiger partial charge in [0.05, 0.1) is 6.20 Å². The molecule has 3 heterocycles. The number of aryl methyl sites for hydroxylation is 1. The monoisotopic (exact) mass is 651 g/mol. The summed E-state index contributed by atoms with van der Waals surface area (Å²) in [5.41, 5.74) is 1.79. The van der Waals surface area contributed by atoms with E-state index in [1.807, 2.05) is 6.92 Å². The van der Waals surface area contributed by atoms with E-state index in [4.69, 9.17) is 9.47 Å². The van der Waals surface area contributed by atoms with Gasteiger partial charge in [-0.15, -0.1) is 24.8 Å². The standard InChI is InChI=1S/C29H31F2N7O4.2ClH/c1-19-25(41-14-13-37-11-9-36(2)10-12-37)17-38-28(19)29(32-18-33-38)42-24-8-7-22(15-23(24)31)35-27(40)16-26(39)34-21-5-3-20(30)4-6-21;;/h3-8,15,17-18H,9-14,16H2,1-2H3,(H,34,39)(H,35,40);2*1H. The topological polar surface area (TPSA) is 113 Å². The summed E-state index contributed by atoms with van der Waals surface area (Å²) >= 11 is 0. The van der Waals surface area contributed by atoms with E-state index in [1.54, 1.807) is 10.7 Å². The lowest BCUT2D eigenvalue weighted by Gasteiger charge is -2.32. The Morgan fingerprint density at radius 2 is 1.59 bits per heavy atom. The fourth-order valence-corrected chi connectivity index (χ4v) is 4.54. The summed E-state index contributed by atoms with van der Waals surface area (Å²) in [7, 11) is 2.12. The Bertz CT molecular complexity index is 1580. The zero-order chi connectivity index (χ0) is 29.6. The highest BCUT2D eigenvalue weighted by Crippen LogP contribution is 2.33. The number of hydrogen-bond donors (Lipinski definition) is 2. The number of amides is 2. The summed E-state index contributed by atoms with van der Waals surface area (Å²) in [6.07, 6.45) is 2.53. The molecule has 11 nitrogen and oxygen atoms in total. The summed E-state index contributed by atoms with van der Waals surface area (Å²) in [4.78, 5) is 33.3. The van der Waals surface area contributed by atoms with Crippen molar-refractivity contribution in [3.63, 3.8) is 0 Å². The number of ether oxygens (including phenoxy) is 2. The quantitative estimate of drug-likeness (QED) is 0.240. The number of benzene rings is 2. The first kappa shape index (κ1) is 34.5. The fraction of sp³-hybridized carbons (Fsp3) is 0.310. The highest BCUT2D eigenvalue weighted by molar-refractivity contribution is 6.08. The van der Waals surface area contributed by atoms with E-state index in [0.717, 1.165) is 44.4 Å². The second-order valence-corrected chi connectivity index (χ2v) is 10.00. The Balaban J connectivity index is 0.00000264. The van der Waals surface area contributed by atoms with Crippen molar-refractivity contribution in [2.75, 3.05) is 57.0 Å². The summed E-state index contributed by atoms with van der Waals surface area (Å²) in [5, 5.41) is 9.21. The minimum absolute atomic E-state index is 0. The fourth-order valence-electron chi connectivity index (χ4n) is 4.54. The zero-order valence-electron chi connectivity index (χ0n) is 24.1. The number of piperazine rings is 1. The lowest BCUT2D eigenvalue weighted by atomic mass is 10.2. The Kier molecular flexibility index (Phi) is 12.2. The van der Waals surface area contributed by atoms with Crippen LogP contribution in [-0.2, 0) is 9.59 Å². The average molecular weight is 653 g/mol. The van der Waals surface area contributed by atoms with Gasteiger partial charge < -0.3 is 25.0 Å². The Morgan fingerprint density at radius 3 is 2.27 bits per heavy atom. The SMILES string of the molecule is Cc1c(OCCN2CCN(C)CC2)cn2ncnc(Oc3ccc(NC(=O)CC(=O)Nc4ccc(F)cc4)cc3F)c12.Cl.Cl. The van der Waals surface area contributed by atoms with Crippen LogP contribution in [0.1, 0.15) is 12.0 Å². The number of rotatable bonds is 10. The molecule has 44 heavy (non-hydrogen) atoms. The van der Waals surface area contributed by atoms with E-state index >= 15 is 0 Å². The normalized spacial score (nSPS) is 13.5. The van der Waals surface area contributed by atoms with E-state index in [-0.39, 0.29) is 42.1 Å². The highest BCUT2D eigenvalue weighted by Gasteiger charge is 2.19. The molecule has 4 aromatic rings. The summed E-state index contributed by atoms with van der Waals surface area (Å²) in [6, 6.07) is 9.03. The van der Waals surface area contributed by atoms with Crippen LogP contribution in [-0.4, -0.2) is 82.6 Å². The molecular weight excluding hydrogens is 619 g/mol. The highest BCUT2D eigenvalue weighted by atomic mass is 35.5. The molecule has 5 rings (SSSR count). The molecular formula is C29H33Cl2F2N7O4. The van der Waals surface area contributed by atoms with Crippen LogP contribution in [0.5, 0.6) is 17.4 Å². The molecule has 0 spiro atoms. The van der Waals surface area contributed by atoms with E-state index in [1.165, 1.54) is 42.7 Å². The summed E-state index contributed by atoms with van der Waals surface area (Å²) in [6.45, 7) is 7.25. The van der Waals surface area contributed by atoms with Gasteiger partial charge >= 0.3 is 0 Å². The van der Waals surface area contributed by atoms with Crippen molar-refractivity contribution in [3.8, 4) is 17.4 Å². The van der Waals surface area contributed by atoms with E-state index < -0.39 is 29.9 Å². The summed E-state index contributed by atoms with van der Waals surface area (Å²) < 4.78 is 41.4. The second kappa shape index (κ2) is 15.6. The van der Waals surface area contributed by atoms with Crippen LogP contribution in [0.2, 0.25) is 0 Å². The third-order valence-corrected chi connectivity index (χ3v) is 6.88. The third-order valence-electron chi connectivity index (χ3n) is 6.88. The van der Waals surface area contributed by atoms with Crippen molar-refractivity contribution >= 4 is 53.5 Å². The molecule has 1 fully saturated rings. The number of likely N-dealkylation sites (N-methyl/N-ethyl adjacent to an activating group) is 1. The maximum Gasteiger partial charge on any atom is 0.247 e. The smallest absolute Gasteiger partial charge is 0.247 e. The van der Waals surface area contributed by atoms with Crippen molar-refractivity contribution in [1.82, 2.24) is 24.4 Å². The van der Waals surface area contributed by atoms with Crippen LogP contribution in [0.4, 0.5) is 20.2 Å². The van der Waals surface area contributed by atoms with Crippen LogP contribution in [0.3, 0.4) is 0 Å². The molecule has 0 bridgehead atoms. The number of halogens is 4. The molecule has 2 N–H and O–H groups in total. The second-order valence-electron chi connectivity index (χ2n) is 10.00. The molecule has 0 unspecified atom stereocenters. The summed E-state index contributed by atoms with van der Waals surface area (Å²) in [5.74, 6) is -1.77. The number of anilines is 2. The molecule has 0 atom stereocenters. The van der Waals surface area contributed by atoms with Crippen LogP contribution in [0.15, 0.2) is 55.0 Å². The van der Waals surface area contributed by atoms with Gasteiger partial charge in [0.25, 0.3) is 0 Å². The minimum Gasteiger partial charge on any atom is -0.490 e. The van der Waals surface area contributed by atoms with Crippen LogP contribution >= 0.6 is 24.8 Å². The Hall–Kier alpha value is -4.04. The maximum absolute atomic E-state index is 15.0. The first-order valence-corrected chi connectivity index (χ1v) is 13.4. The van der Waals surface area contributed by atoms with E-state index in [0.29, 0.717) is 23.6 Å².